The van der Waals surface area contributed by atoms with Crippen molar-refractivity contribution >= 4 is 17.4 Å². The molecule has 0 aliphatic carbocycles. The molecule has 3 nitrogen and oxygen atoms in total. The molecule has 0 heterocycles. The first-order valence-electron chi connectivity index (χ1n) is 5.96. The molecule has 1 rings (SSSR count). The van der Waals surface area contributed by atoms with E-state index in [0.29, 0.717) is 18.1 Å². The summed E-state index contributed by atoms with van der Waals surface area (Å²) >= 11 is 1.59. The van der Waals surface area contributed by atoms with Gasteiger partial charge in [0.2, 0.25) is 0 Å². The van der Waals surface area contributed by atoms with Crippen LogP contribution >= 0.6 is 11.8 Å². The van der Waals surface area contributed by atoms with Crippen LogP contribution in [-0.2, 0) is 4.74 Å². The van der Waals surface area contributed by atoms with Crippen LogP contribution in [0.3, 0.4) is 0 Å². The van der Waals surface area contributed by atoms with Gasteiger partial charge in [-0.1, -0.05) is 19.9 Å². The molecule has 1 aromatic carbocycles. The Morgan fingerprint density at radius 2 is 2.17 bits per heavy atom. The lowest BCUT2D eigenvalue weighted by molar-refractivity contribution is 0.171. The number of methoxy groups -OCH3 is 1. The first kappa shape index (κ1) is 14.9. The Morgan fingerprint density at radius 1 is 1.44 bits per heavy atom. The number of hydrogen-bond donors (Lipinski definition) is 1. The second-order valence-corrected chi connectivity index (χ2v) is 5.29. The lowest BCUT2D eigenvalue weighted by Gasteiger charge is -2.23. The highest BCUT2D eigenvalue weighted by molar-refractivity contribution is 7.98. The molecule has 0 amide bonds. The number of nitriles is 1. The van der Waals surface area contributed by atoms with Crippen molar-refractivity contribution in [3.63, 3.8) is 0 Å². The van der Waals surface area contributed by atoms with Gasteiger partial charge in [0, 0.05) is 12.0 Å². The van der Waals surface area contributed by atoms with Crippen LogP contribution in [-0.4, -0.2) is 26.0 Å². The molecule has 0 radical (unpaired) electrons. The molecule has 0 aliphatic heterocycles. The molecule has 0 aromatic heterocycles. The molecule has 4 heteroatoms. The van der Waals surface area contributed by atoms with Crippen molar-refractivity contribution in [2.45, 2.75) is 24.8 Å². The summed E-state index contributed by atoms with van der Waals surface area (Å²) in [5, 5.41) is 12.7. The van der Waals surface area contributed by atoms with E-state index in [9.17, 15) is 5.26 Å². The standard InChI is InChI=1S/C14H20N2OS/c1-10(2)13(9-17-3)16-12-6-5-7-14(18-4)11(12)8-15/h5-7,10,13,16H,9H2,1-4H3. The predicted molar refractivity (Wildman–Crippen MR) is 77.1 cm³/mol. The van der Waals surface area contributed by atoms with E-state index in [1.165, 1.54) is 0 Å². The van der Waals surface area contributed by atoms with Crippen molar-refractivity contribution in [2.75, 3.05) is 25.3 Å². The Hall–Kier alpha value is -1.18. The van der Waals surface area contributed by atoms with Gasteiger partial charge in [0.05, 0.1) is 23.9 Å². The molecule has 0 fully saturated rings. The van der Waals surface area contributed by atoms with Gasteiger partial charge in [0.15, 0.2) is 0 Å². The topological polar surface area (TPSA) is 45.0 Å². The van der Waals surface area contributed by atoms with Crippen LogP contribution in [0, 0.1) is 17.2 Å². The van der Waals surface area contributed by atoms with Crippen molar-refractivity contribution in [1.29, 1.82) is 5.26 Å². The molecule has 98 valence electrons. The zero-order valence-corrected chi connectivity index (χ0v) is 12.2. The molecule has 18 heavy (non-hydrogen) atoms. The maximum atomic E-state index is 9.28. The maximum absolute atomic E-state index is 9.28. The third-order valence-corrected chi connectivity index (χ3v) is 3.63. The van der Waals surface area contributed by atoms with E-state index in [1.807, 2.05) is 24.5 Å². The number of nitrogens with zero attached hydrogens (tertiary/aromatic N) is 1. The van der Waals surface area contributed by atoms with Gasteiger partial charge in [-0.25, -0.2) is 0 Å². The van der Waals surface area contributed by atoms with Crippen LogP contribution in [0.4, 0.5) is 5.69 Å². The minimum absolute atomic E-state index is 0.208. The summed E-state index contributed by atoms with van der Waals surface area (Å²) in [6.07, 6.45) is 1.98. The van der Waals surface area contributed by atoms with E-state index in [0.717, 1.165) is 10.6 Å². The average Bonchev–Trinajstić information content (AvgIpc) is 2.37. The summed E-state index contributed by atoms with van der Waals surface area (Å²) < 4.78 is 5.22. The first-order valence-corrected chi connectivity index (χ1v) is 7.19. The summed E-state index contributed by atoms with van der Waals surface area (Å²) in [5.74, 6) is 0.439. The molecule has 1 aromatic rings. The van der Waals surface area contributed by atoms with Gasteiger partial charge in [0.25, 0.3) is 0 Å². The minimum atomic E-state index is 0.208. The second-order valence-electron chi connectivity index (χ2n) is 4.44. The maximum Gasteiger partial charge on any atom is 0.102 e. The van der Waals surface area contributed by atoms with Crippen LogP contribution in [0.2, 0.25) is 0 Å². The third kappa shape index (κ3) is 3.66. The highest BCUT2D eigenvalue weighted by Crippen LogP contribution is 2.27. The van der Waals surface area contributed by atoms with Gasteiger partial charge in [-0.05, 0) is 24.3 Å². The molecule has 0 saturated carbocycles. The van der Waals surface area contributed by atoms with E-state index in [1.54, 1.807) is 18.9 Å². The van der Waals surface area contributed by atoms with Crippen molar-refractivity contribution in [3.8, 4) is 6.07 Å². The quantitative estimate of drug-likeness (QED) is 0.800. The monoisotopic (exact) mass is 264 g/mol. The van der Waals surface area contributed by atoms with Crippen LogP contribution in [0.25, 0.3) is 0 Å². The zero-order chi connectivity index (χ0) is 13.5. The number of nitrogens with one attached hydrogen (secondary N) is 1. The van der Waals surface area contributed by atoms with E-state index in [-0.39, 0.29) is 6.04 Å². The van der Waals surface area contributed by atoms with E-state index < -0.39 is 0 Å². The predicted octanol–water partition coefficient (Wildman–Crippen LogP) is 3.36. The van der Waals surface area contributed by atoms with E-state index in [2.05, 4.69) is 25.2 Å². The average molecular weight is 264 g/mol. The van der Waals surface area contributed by atoms with Gasteiger partial charge in [-0.2, -0.15) is 5.26 Å². The van der Waals surface area contributed by atoms with E-state index in [4.69, 9.17) is 4.74 Å². The summed E-state index contributed by atoms with van der Waals surface area (Å²) in [7, 11) is 1.70. The van der Waals surface area contributed by atoms with Gasteiger partial charge in [-0.15, -0.1) is 11.8 Å². The Labute approximate surface area is 114 Å². The fourth-order valence-electron chi connectivity index (χ4n) is 1.72. The van der Waals surface area contributed by atoms with Crippen molar-refractivity contribution in [3.05, 3.63) is 23.8 Å². The number of ether oxygens (including phenoxy) is 1. The largest absolute Gasteiger partial charge is 0.383 e. The van der Waals surface area contributed by atoms with Crippen LogP contribution in [0.15, 0.2) is 23.1 Å². The smallest absolute Gasteiger partial charge is 0.102 e. The summed E-state index contributed by atoms with van der Waals surface area (Å²) in [5.41, 5.74) is 1.60. The summed E-state index contributed by atoms with van der Waals surface area (Å²) in [4.78, 5) is 1.00. The molecule has 0 aliphatic rings. The Kier molecular flexibility index (Phi) is 6.03. The third-order valence-electron chi connectivity index (χ3n) is 2.85. The van der Waals surface area contributed by atoms with Crippen molar-refractivity contribution in [1.82, 2.24) is 0 Å². The SMILES string of the molecule is COCC(Nc1cccc(SC)c1C#N)C(C)C. The molecule has 0 bridgehead atoms. The number of anilines is 1. The molecule has 1 unspecified atom stereocenters. The number of thioether (sulfide) groups is 1. The zero-order valence-electron chi connectivity index (χ0n) is 11.4. The molecular weight excluding hydrogens is 244 g/mol. The highest BCUT2D eigenvalue weighted by atomic mass is 32.2. The fourth-order valence-corrected chi connectivity index (χ4v) is 2.29. The van der Waals surface area contributed by atoms with Crippen molar-refractivity contribution in [2.24, 2.45) is 5.92 Å². The van der Waals surface area contributed by atoms with Crippen molar-refractivity contribution < 1.29 is 4.74 Å². The van der Waals surface area contributed by atoms with Gasteiger partial charge in [0.1, 0.15) is 6.07 Å². The molecule has 0 saturated heterocycles. The van der Waals surface area contributed by atoms with Crippen LogP contribution < -0.4 is 5.32 Å². The Morgan fingerprint density at radius 3 is 2.67 bits per heavy atom. The Bertz CT molecular complexity index is 426. The lowest BCUT2D eigenvalue weighted by atomic mass is 10.0. The summed E-state index contributed by atoms with van der Waals surface area (Å²) in [6, 6.07) is 8.37. The van der Waals surface area contributed by atoms with Gasteiger partial charge in [-0.3, -0.25) is 0 Å². The number of hydrogen-bond acceptors (Lipinski definition) is 4. The second kappa shape index (κ2) is 7.30. The van der Waals surface area contributed by atoms with E-state index >= 15 is 0 Å². The number of benzene rings is 1. The Balaban J connectivity index is 2.99. The normalized spacial score (nSPS) is 12.2. The van der Waals surface area contributed by atoms with Gasteiger partial charge < -0.3 is 10.1 Å². The molecular formula is C14H20N2OS. The van der Waals surface area contributed by atoms with Crippen LogP contribution in [0.5, 0.6) is 0 Å². The lowest BCUT2D eigenvalue weighted by Crippen LogP contribution is -2.30. The molecule has 0 spiro atoms. The fraction of sp³-hybridized carbons (Fsp3) is 0.500. The first-order chi connectivity index (χ1) is 8.63. The minimum Gasteiger partial charge on any atom is -0.383 e. The summed E-state index contributed by atoms with van der Waals surface area (Å²) in [6.45, 7) is 4.91. The number of rotatable bonds is 6. The van der Waals surface area contributed by atoms with Crippen LogP contribution in [0.1, 0.15) is 19.4 Å². The highest BCUT2D eigenvalue weighted by Gasteiger charge is 2.15. The van der Waals surface area contributed by atoms with Gasteiger partial charge >= 0.3 is 0 Å². The molecule has 1 atom stereocenters. The molecule has 1 N–H and O–H groups in total.